The molecule has 2 fully saturated rings. The van der Waals surface area contributed by atoms with Crippen molar-refractivity contribution in [1.82, 2.24) is 10.3 Å². The minimum atomic E-state index is -1.30. The lowest BCUT2D eigenvalue weighted by Gasteiger charge is -2.44. The van der Waals surface area contributed by atoms with E-state index >= 15 is 0 Å². The van der Waals surface area contributed by atoms with Gasteiger partial charge in [-0.15, -0.1) is 0 Å². The van der Waals surface area contributed by atoms with Crippen LogP contribution in [-0.4, -0.2) is 87.9 Å². The van der Waals surface area contributed by atoms with Gasteiger partial charge in [0, 0.05) is 69.0 Å². The number of rotatable bonds is 18. The van der Waals surface area contributed by atoms with E-state index in [1.165, 1.54) is 39.5 Å². The summed E-state index contributed by atoms with van der Waals surface area (Å²) in [5.41, 5.74) is 6.98. The number of thiocarbonyl (C=S) groups is 1. The molecule has 73 heavy (non-hydrogen) atoms. The summed E-state index contributed by atoms with van der Waals surface area (Å²) in [7, 11) is 0. The molecule has 0 spiro atoms. The van der Waals surface area contributed by atoms with Crippen molar-refractivity contribution in [3.05, 3.63) is 167 Å². The Balaban J connectivity index is 1.02. The van der Waals surface area contributed by atoms with Gasteiger partial charge in [0.25, 0.3) is 5.22 Å². The maximum absolute atomic E-state index is 12.4. The monoisotopic (exact) mass is 1030 g/mol. The van der Waals surface area contributed by atoms with E-state index < -0.39 is 72.9 Å². The summed E-state index contributed by atoms with van der Waals surface area (Å²) in [6, 6.07) is 45.6. The minimum absolute atomic E-state index is 0.00639. The lowest BCUT2D eigenvalue weighted by molar-refractivity contribution is -0.255. The number of thioether (sulfide) groups is 1. The highest BCUT2D eigenvalue weighted by Gasteiger charge is 2.52. The summed E-state index contributed by atoms with van der Waals surface area (Å²) < 4.78 is 48.7. The fraction of sp³-hybridized carbons (Fsp3) is 0.321. The summed E-state index contributed by atoms with van der Waals surface area (Å²) in [6.45, 7) is 4.59. The maximum Gasteiger partial charge on any atom is 0.303 e. The standard InChI is InChI=1S/C56H56N2O13S2/c1-33(60)64-31-45-53(66-35(3)62)54(67-36(4)63)52(65-34(2)61)44(68-45)28-47(72)57-29-37-20-26-43(27-21-37)55-69-46(48(39-14-8-5-9-15-39)50(70-55)42-24-22-38(30-59)23-25-42)32-73-56-58-49(40-16-10-6-11-17-40)51(71-56)41-18-12-7-13-19-41/h5-27,44-46,48,50,52-55,59H,28-32H2,1-4H3,(H,57,72). The third kappa shape index (κ3) is 13.7. The van der Waals surface area contributed by atoms with Crippen LogP contribution in [-0.2, 0) is 65.5 Å². The highest BCUT2D eigenvalue weighted by Crippen LogP contribution is 2.48. The van der Waals surface area contributed by atoms with Crippen molar-refractivity contribution in [3.8, 4) is 22.6 Å². The van der Waals surface area contributed by atoms with Gasteiger partial charge in [0.15, 0.2) is 30.4 Å². The molecule has 17 heteroatoms. The molecule has 0 radical (unpaired) electrons. The van der Waals surface area contributed by atoms with Crippen molar-refractivity contribution in [2.45, 2.75) is 107 Å². The van der Waals surface area contributed by atoms with Crippen molar-refractivity contribution in [3.63, 3.8) is 0 Å². The molecule has 5 aromatic carbocycles. The quantitative estimate of drug-likeness (QED) is 0.0358. The first-order valence-electron chi connectivity index (χ1n) is 23.8. The number of benzene rings is 5. The fourth-order valence-corrected chi connectivity index (χ4v) is 10.1. The maximum atomic E-state index is 12.4. The number of hydrogen-bond donors (Lipinski definition) is 2. The van der Waals surface area contributed by atoms with Crippen molar-refractivity contribution >= 4 is 52.8 Å². The second-order valence-electron chi connectivity index (χ2n) is 17.6. The van der Waals surface area contributed by atoms with Crippen LogP contribution >= 0.6 is 24.0 Å². The van der Waals surface area contributed by atoms with Crippen LogP contribution < -0.4 is 5.32 Å². The van der Waals surface area contributed by atoms with E-state index in [4.69, 9.17) is 54.8 Å². The smallest absolute Gasteiger partial charge is 0.303 e. The molecule has 8 rings (SSSR count). The van der Waals surface area contributed by atoms with Gasteiger partial charge >= 0.3 is 23.9 Å². The molecule has 6 aromatic rings. The van der Waals surface area contributed by atoms with Crippen LogP contribution in [0.2, 0.25) is 0 Å². The average molecular weight is 1030 g/mol. The minimum Gasteiger partial charge on any atom is -0.463 e. The van der Waals surface area contributed by atoms with Gasteiger partial charge in [-0.3, -0.25) is 19.2 Å². The first kappa shape index (κ1) is 52.6. The van der Waals surface area contributed by atoms with Gasteiger partial charge in [-0.2, -0.15) is 0 Å². The van der Waals surface area contributed by atoms with Crippen molar-refractivity contribution in [2.24, 2.45) is 0 Å². The van der Waals surface area contributed by atoms with E-state index in [2.05, 4.69) is 17.4 Å². The van der Waals surface area contributed by atoms with Gasteiger partial charge in [0.2, 0.25) is 0 Å². The Labute approximate surface area is 432 Å². The van der Waals surface area contributed by atoms with E-state index in [1.807, 2.05) is 127 Å². The molecule has 9 atom stereocenters. The van der Waals surface area contributed by atoms with Gasteiger partial charge in [0.05, 0.1) is 23.8 Å². The van der Waals surface area contributed by atoms with Crippen LogP contribution in [0.25, 0.3) is 22.6 Å². The third-order valence-corrected chi connectivity index (χ3v) is 13.5. The third-order valence-electron chi connectivity index (χ3n) is 12.2. The first-order chi connectivity index (χ1) is 35.3. The topological polar surface area (TPSA) is 191 Å². The zero-order valence-corrected chi connectivity index (χ0v) is 42.3. The van der Waals surface area contributed by atoms with Crippen LogP contribution in [0.4, 0.5) is 0 Å². The summed E-state index contributed by atoms with van der Waals surface area (Å²) in [4.78, 5) is 54.1. The summed E-state index contributed by atoms with van der Waals surface area (Å²) >= 11 is 7.26. The first-order valence-corrected chi connectivity index (χ1v) is 25.2. The Bertz CT molecular complexity index is 2760. The number of carbonyl (C=O) groups is 4. The summed E-state index contributed by atoms with van der Waals surface area (Å²) in [6.07, 6.45) is -7.55. The van der Waals surface area contributed by atoms with Crippen LogP contribution in [0.15, 0.2) is 149 Å². The highest BCUT2D eigenvalue weighted by molar-refractivity contribution is 7.99. The number of oxazole rings is 1. The summed E-state index contributed by atoms with van der Waals surface area (Å²) in [5, 5.41) is 13.7. The Morgan fingerprint density at radius 1 is 0.616 bits per heavy atom. The molecule has 0 saturated carbocycles. The second kappa shape index (κ2) is 24.8. The Kier molecular flexibility index (Phi) is 17.9. The molecule has 0 bridgehead atoms. The predicted molar refractivity (Wildman–Crippen MR) is 274 cm³/mol. The van der Waals surface area contributed by atoms with E-state index in [0.29, 0.717) is 21.7 Å². The number of nitrogens with zero attached hydrogens (tertiary/aromatic N) is 1. The van der Waals surface area contributed by atoms with Gasteiger partial charge in [0.1, 0.15) is 24.5 Å². The zero-order chi connectivity index (χ0) is 51.4. The molecular formula is C56H56N2O13S2. The SMILES string of the molecule is CC(=O)OCC1OC(CC(=S)NCc2ccc(C3OC(CSc4nc(-c5ccccc5)c(-c5ccccc5)o4)C(c4ccccc4)C(c4ccc(CO)cc4)O3)cc2)C(OC(C)=O)C(OC(C)=O)C1OC(C)=O. The number of esters is 4. The molecule has 0 amide bonds. The van der Waals surface area contributed by atoms with Gasteiger partial charge < -0.3 is 48.0 Å². The van der Waals surface area contributed by atoms with E-state index in [9.17, 15) is 24.3 Å². The number of ether oxygens (including phenoxy) is 7. The Hall–Kier alpha value is -6.73. The number of carbonyl (C=O) groups excluding carboxylic acids is 4. The molecule has 2 N–H and O–H groups in total. The van der Waals surface area contributed by atoms with E-state index in [0.717, 1.165) is 44.6 Å². The molecule has 9 unspecified atom stereocenters. The highest BCUT2D eigenvalue weighted by atomic mass is 32.2. The predicted octanol–water partition coefficient (Wildman–Crippen LogP) is 9.17. The summed E-state index contributed by atoms with van der Waals surface area (Å²) in [5.74, 6) is -1.86. The Morgan fingerprint density at radius 2 is 1.18 bits per heavy atom. The molecule has 15 nitrogen and oxygen atoms in total. The van der Waals surface area contributed by atoms with E-state index in [1.54, 1.807) is 0 Å². The molecule has 2 aliphatic rings. The normalized spacial score (nSPS) is 22.6. The number of nitrogens with one attached hydrogen (secondary N) is 1. The van der Waals surface area contributed by atoms with E-state index in [-0.39, 0.29) is 32.1 Å². The zero-order valence-electron chi connectivity index (χ0n) is 40.6. The van der Waals surface area contributed by atoms with Crippen LogP contribution in [0, 0.1) is 0 Å². The van der Waals surface area contributed by atoms with Gasteiger partial charge in [-0.05, 0) is 22.3 Å². The van der Waals surface area contributed by atoms with Crippen molar-refractivity contribution < 1.29 is 61.9 Å². The number of aliphatic hydroxyl groups is 1. The van der Waals surface area contributed by atoms with Crippen LogP contribution in [0.5, 0.6) is 0 Å². The molecular weight excluding hydrogens is 973 g/mol. The van der Waals surface area contributed by atoms with Crippen molar-refractivity contribution in [1.29, 1.82) is 0 Å². The van der Waals surface area contributed by atoms with Gasteiger partial charge in [-0.1, -0.05) is 164 Å². The molecule has 0 aliphatic carbocycles. The molecule has 2 aliphatic heterocycles. The second-order valence-corrected chi connectivity index (χ2v) is 19.0. The number of aromatic nitrogens is 1. The lowest BCUT2D eigenvalue weighted by atomic mass is 9.84. The number of hydrogen-bond acceptors (Lipinski definition) is 16. The molecule has 2 saturated heterocycles. The Morgan fingerprint density at radius 3 is 1.78 bits per heavy atom. The lowest BCUT2D eigenvalue weighted by Crippen LogP contribution is -2.62. The number of aliphatic hydroxyl groups excluding tert-OH is 1. The molecule has 380 valence electrons. The average Bonchev–Trinajstić information content (AvgIpc) is 3.83. The van der Waals surface area contributed by atoms with Crippen LogP contribution in [0.3, 0.4) is 0 Å². The van der Waals surface area contributed by atoms with Gasteiger partial charge in [-0.25, -0.2) is 4.98 Å². The largest absolute Gasteiger partial charge is 0.463 e. The van der Waals surface area contributed by atoms with Crippen molar-refractivity contribution in [2.75, 3.05) is 12.4 Å². The van der Waals surface area contributed by atoms with Crippen LogP contribution in [0.1, 0.15) is 80.2 Å². The molecule has 1 aromatic heterocycles. The fourth-order valence-electron chi connectivity index (χ4n) is 8.97. The molecule has 3 heterocycles.